The molecule has 1 fully saturated rings. The van der Waals surface area contributed by atoms with Crippen molar-refractivity contribution in [2.75, 3.05) is 13.2 Å². The van der Waals surface area contributed by atoms with Crippen LogP contribution in [0.3, 0.4) is 0 Å². The molecule has 10 N–H and O–H groups in total. The molecule has 0 amide bonds. The van der Waals surface area contributed by atoms with Gasteiger partial charge in [-0.15, -0.1) is 0 Å². The maximum absolute atomic E-state index is 11.9. The number of carbonyl (C=O) groups excluding carboxylic acids is 2. The lowest BCUT2D eigenvalue weighted by molar-refractivity contribution is -0.285. The number of ketones is 1. The fraction of sp³-hybridized carbons (Fsp3) is 0.833. The third-order valence-electron chi connectivity index (χ3n) is 5.01. The summed E-state index contributed by atoms with van der Waals surface area (Å²) in [4.78, 5) is 27.4. The highest BCUT2D eigenvalue weighted by Crippen LogP contribution is 2.36. The van der Waals surface area contributed by atoms with Crippen molar-refractivity contribution in [3.8, 4) is 0 Å². The van der Waals surface area contributed by atoms with Crippen LogP contribution in [0.4, 0.5) is 0 Å². The number of aliphatic imine (C=N–C) groups is 1. The molecule has 0 radical (unpaired) electrons. The molecule has 0 aromatic carbocycles. The molecular weight excluding hydrogens is 400 g/mol. The number of Topliss-reactive ketones (excluding diaryl/α,β-unsaturated/α-hetero) is 1. The summed E-state index contributed by atoms with van der Waals surface area (Å²) < 4.78 is 10.4. The molecule has 4 unspecified atom stereocenters. The van der Waals surface area contributed by atoms with Crippen LogP contribution < -0.4 is 17.2 Å². The summed E-state index contributed by atoms with van der Waals surface area (Å²) in [5, 5.41) is 40.8. The van der Waals surface area contributed by atoms with E-state index in [1.54, 1.807) is 0 Å². The fourth-order valence-electron chi connectivity index (χ4n) is 3.37. The van der Waals surface area contributed by atoms with Gasteiger partial charge in [-0.25, -0.2) is 0 Å². The van der Waals surface area contributed by atoms with Gasteiger partial charge in [-0.1, -0.05) is 0 Å². The number of ether oxygens (including phenoxy) is 2. The van der Waals surface area contributed by atoms with E-state index in [9.17, 15) is 30.0 Å². The molecule has 0 aromatic heterocycles. The van der Waals surface area contributed by atoms with Crippen LogP contribution in [-0.2, 0) is 19.1 Å². The van der Waals surface area contributed by atoms with E-state index >= 15 is 0 Å². The minimum absolute atomic E-state index is 0.0588. The molecule has 1 rings (SSSR count). The number of nitrogens with zero attached hydrogens (tertiary/aromatic N) is 1. The normalized spacial score (nSPS) is 29.5. The number of guanidine groups is 1. The van der Waals surface area contributed by atoms with Crippen molar-refractivity contribution in [1.82, 2.24) is 0 Å². The molecule has 1 aliphatic heterocycles. The van der Waals surface area contributed by atoms with Crippen molar-refractivity contribution in [2.45, 2.75) is 75.8 Å². The molecule has 0 saturated carbocycles. The first-order chi connectivity index (χ1) is 13.9. The molecule has 0 aromatic rings. The Morgan fingerprint density at radius 1 is 1.33 bits per heavy atom. The number of aliphatic hydroxyl groups is 4. The van der Waals surface area contributed by atoms with Crippen LogP contribution in [0.25, 0.3) is 0 Å². The summed E-state index contributed by atoms with van der Waals surface area (Å²) in [6.45, 7) is 2.43. The summed E-state index contributed by atoms with van der Waals surface area (Å²) in [6.07, 6.45) is -4.41. The summed E-state index contributed by atoms with van der Waals surface area (Å²) in [6, 6.07) is -0.924. The van der Waals surface area contributed by atoms with Crippen molar-refractivity contribution >= 4 is 17.7 Å². The summed E-state index contributed by atoms with van der Waals surface area (Å²) in [5.74, 6) is -4.56. The first kappa shape index (κ1) is 26.2. The van der Waals surface area contributed by atoms with Gasteiger partial charge in [0.2, 0.25) is 5.79 Å². The lowest BCUT2D eigenvalue weighted by atomic mass is 9.81. The zero-order chi connectivity index (χ0) is 23.1. The number of carbonyl (C=O) groups is 2. The Balaban J connectivity index is 2.59. The molecule has 12 nitrogen and oxygen atoms in total. The van der Waals surface area contributed by atoms with E-state index in [0.29, 0.717) is 13.0 Å². The monoisotopic (exact) mass is 434 g/mol. The highest BCUT2D eigenvalue weighted by atomic mass is 16.6. The van der Waals surface area contributed by atoms with E-state index in [4.69, 9.17) is 26.7 Å². The molecule has 1 aliphatic rings. The van der Waals surface area contributed by atoms with Gasteiger partial charge in [0.05, 0.1) is 24.4 Å². The van der Waals surface area contributed by atoms with Gasteiger partial charge in [-0.05, 0) is 19.8 Å². The number of hydrogen-bond acceptors (Lipinski definition) is 10. The molecule has 1 saturated heterocycles. The number of nitrogens with two attached hydrogens (primary N) is 3. The van der Waals surface area contributed by atoms with E-state index in [-0.39, 0.29) is 18.8 Å². The van der Waals surface area contributed by atoms with Crippen molar-refractivity contribution in [2.24, 2.45) is 28.1 Å². The quantitative estimate of drug-likeness (QED) is 0.0754. The van der Waals surface area contributed by atoms with Crippen molar-refractivity contribution in [1.29, 1.82) is 0 Å². The second-order valence-corrected chi connectivity index (χ2v) is 7.66. The molecule has 30 heavy (non-hydrogen) atoms. The lowest BCUT2D eigenvalue weighted by Gasteiger charge is -2.44. The summed E-state index contributed by atoms with van der Waals surface area (Å²) in [7, 11) is 0. The second kappa shape index (κ2) is 11.5. The summed E-state index contributed by atoms with van der Waals surface area (Å²) in [5.41, 5.74) is 16.1. The highest BCUT2D eigenvalue weighted by Gasteiger charge is 2.50. The average molecular weight is 434 g/mol. The van der Waals surface area contributed by atoms with Crippen LogP contribution >= 0.6 is 0 Å². The Morgan fingerprint density at radius 3 is 2.50 bits per heavy atom. The largest absolute Gasteiger partial charge is 0.462 e. The Labute approximate surface area is 175 Å². The minimum atomic E-state index is -2.22. The number of aliphatic hydroxyl groups excluding tert-OH is 3. The molecule has 0 bridgehead atoms. The Morgan fingerprint density at radius 2 is 1.97 bits per heavy atom. The molecule has 7 atom stereocenters. The van der Waals surface area contributed by atoms with Crippen LogP contribution in [-0.4, -0.2) is 87.5 Å². The van der Waals surface area contributed by atoms with Crippen LogP contribution in [0.2, 0.25) is 0 Å². The molecule has 1 heterocycles. The first-order valence-corrected chi connectivity index (χ1v) is 9.80. The van der Waals surface area contributed by atoms with Crippen molar-refractivity contribution in [3.63, 3.8) is 0 Å². The zero-order valence-electron chi connectivity index (χ0n) is 17.3. The predicted octanol–water partition coefficient (Wildman–Crippen LogP) is -2.91. The predicted molar refractivity (Wildman–Crippen MR) is 106 cm³/mol. The van der Waals surface area contributed by atoms with E-state index in [2.05, 4.69) is 4.99 Å². The SMILES string of the molecule is CC(=O)C1(O)CC(O)C([C@@H](C)O)C(C[C@H](O)COC(=O)[C@H](N)CCCN=C(N)N)O1. The molecule has 174 valence electrons. The topological polar surface area (TPSA) is 224 Å². The Bertz CT molecular complexity index is 613. The minimum Gasteiger partial charge on any atom is -0.462 e. The Kier molecular flexibility index (Phi) is 10.1. The standard InChI is InChI=1S/C18H34N4O8/c1-9(23)15-13(26)7-18(28,10(2)24)30-14(15)6-11(25)8-29-16(27)12(19)4-3-5-22-17(20)21/h9,11-15,23,25-26,28H,3-8,19H2,1-2H3,(H4,20,21,22)/t9-,11+,12-,13?,14?,15?,18?/m1/s1. The molecule has 0 aliphatic carbocycles. The van der Waals surface area contributed by atoms with Crippen molar-refractivity contribution < 1.29 is 39.5 Å². The van der Waals surface area contributed by atoms with E-state index in [1.165, 1.54) is 6.92 Å². The third-order valence-corrected chi connectivity index (χ3v) is 5.01. The lowest BCUT2D eigenvalue weighted by Crippen LogP contribution is -2.58. The maximum Gasteiger partial charge on any atom is 0.322 e. The molecule has 0 spiro atoms. The van der Waals surface area contributed by atoms with Crippen LogP contribution in [0.5, 0.6) is 0 Å². The highest BCUT2D eigenvalue weighted by molar-refractivity contribution is 5.83. The van der Waals surface area contributed by atoms with Crippen LogP contribution in [0.1, 0.15) is 39.5 Å². The average Bonchev–Trinajstić information content (AvgIpc) is 2.61. The number of esters is 1. The first-order valence-electron chi connectivity index (χ1n) is 9.80. The third kappa shape index (κ3) is 7.78. The summed E-state index contributed by atoms with van der Waals surface area (Å²) >= 11 is 0. The van der Waals surface area contributed by atoms with E-state index in [0.717, 1.165) is 6.92 Å². The zero-order valence-corrected chi connectivity index (χ0v) is 17.3. The second-order valence-electron chi connectivity index (χ2n) is 7.66. The molecule has 12 heteroatoms. The van der Waals surface area contributed by atoms with Gasteiger partial charge in [-0.2, -0.15) is 0 Å². The van der Waals surface area contributed by atoms with E-state index in [1.807, 2.05) is 0 Å². The van der Waals surface area contributed by atoms with Crippen LogP contribution in [0, 0.1) is 5.92 Å². The van der Waals surface area contributed by atoms with Gasteiger partial charge in [0, 0.05) is 32.2 Å². The molecular formula is C18H34N4O8. The fourth-order valence-corrected chi connectivity index (χ4v) is 3.37. The van der Waals surface area contributed by atoms with Gasteiger partial charge in [0.25, 0.3) is 0 Å². The van der Waals surface area contributed by atoms with Crippen LogP contribution in [0.15, 0.2) is 4.99 Å². The van der Waals surface area contributed by atoms with E-state index < -0.39 is 66.9 Å². The maximum atomic E-state index is 11.9. The van der Waals surface area contributed by atoms with Gasteiger partial charge in [0.1, 0.15) is 12.6 Å². The smallest absolute Gasteiger partial charge is 0.322 e. The number of hydrogen-bond donors (Lipinski definition) is 7. The van der Waals surface area contributed by atoms with Gasteiger partial charge >= 0.3 is 5.97 Å². The van der Waals surface area contributed by atoms with Gasteiger partial charge in [-0.3, -0.25) is 14.6 Å². The Hall–Kier alpha value is -1.83. The van der Waals surface area contributed by atoms with Crippen molar-refractivity contribution in [3.05, 3.63) is 0 Å². The number of rotatable bonds is 11. The van der Waals surface area contributed by atoms with Gasteiger partial charge < -0.3 is 47.1 Å². The van der Waals surface area contributed by atoms with Gasteiger partial charge in [0.15, 0.2) is 11.7 Å².